The van der Waals surface area contributed by atoms with Crippen LogP contribution in [0, 0.1) is 12.8 Å². The number of ether oxygens (including phenoxy) is 1. The molecule has 0 bridgehead atoms. The number of piperidine rings is 1. The van der Waals surface area contributed by atoms with E-state index in [4.69, 9.17) is 0 Å². The van der Waals surface area contributed by atoms with Gasteiger partial charge in [0.05, 0.1) is 26.3 Å². The number of carbonyl (C=O) groups excluding carboxylic acids is 1. The van der Waals surface area contributed by atoms with Crippen LogP contribution in [0.2, 0.25) is 0 Å². The van der Waals surface area contributed by atoms with E-state index in [0.717, 1.165) is 32.0 Å². The topological polar surface area (TPSA) is 65.2 Å². The van der Waals surface area contributed by atoms with E-state index < -0.39 is 0 Å². The Balaban J connectivity index is 1.50. The van der Waals surface area contributed by atoms with E-state index in [-0.39, 0.29) is 5.97 Å². The Hall–Kier alpha value is -2.15. The van der Waals surface area contributed by atoms with Gasteiger partial charge >= 0.3 is 5.97 Å². The van der Waals surface area contributed by atoms with Crippen LogP contribution in [-0.2, 0) is 29.2 Å². The molecule has 0 aromatic carbocycles. The number of aromatic nitrogens is 4. The summed E-state index contributed by atoms with van der Waals surface area (Å²) in [7, 11) is 1.41. The number of nitrogens with zero attached hydrogens (tertiary/aromatic N) is 5. The molecule has 25 heavy (non-hydrogen) atoms. The van der Waals surface area contributed by atoms with Gasteiger partial charge in [0, 0.05) is 43.8 Å². The van der Waals surface area contributed by atoms with Gasteiger partial charge in [0.1, 0.15) is 5.82 Å². The van der Waals surface area contributed by atoms with Crippen molar-refractivity contribution in [2.75, 3.05) is 20.2 Å². The Morgan fingerprint density at radius 2 is 2.32 bits per heavy atom. The molecular weight excluding hydrogens is 318 g/mol. The maximum Gasteiger partial charge on any atom is 0.307 e. The highest BCUT2D eigenvalue weighted by Gasteiger charge is 2.21. The van der Waals surface area contributed by atoms with E-state index in [1.807, 2.05) is 23.3 Å². The highest BCUT2D eigenvalue weighted by molar-refractivity contribution is 5.68. The average Bonchev–Trinajstić information content (AvgIpc) is 3.22. The predicted molar refractivity (Wildman–Crippen MR) is 93.8 cm³/mol. The van der Waals surface area contributed by atoms with Crippen LogP contribution in [0.1, 0.15) is 30.7 Å². The molecule has 0 aliphatic carbocycles. The molecule has 1 atom stereocenters. The number of aryl methyl sites for hydroxylation is 2. The third kappa shape index (κ3) is 4.92. The van der Waals surface area contributed by atoms with Crippen LogP contribution < -0.4 is 0 Å². The van der Waals surface area contributed by atoms with Crippen molar-refractivity contribution in [3.8, 4) is 0 Å². The summed E-state index contributed by atoms with van der Waals surface area (Å²) in [6.07, 6.45) is 10.7. The molecule has 0 spiro atoms. The molecule has 2 aromatic heterocycles. The first-order valence-corrected chi connectivity index (χ1v) is 8.92. The monoisotopic (exact) mass is 345 g/mol. The van der Waals surface area contributed by atoms with E-state index in [9.17, 15) is 4.79 Å². The molecule has 0 N–H and O–H groups in total. The lowest BCUT2D eigenvalue weighted by molar-refractivity contribution is -0.140. The number of hydrogen-bond acceptors (Lipinski definition) is 5. The lowest BCUT2D eigenvalue weighted by atomic mass is 9.97. The fourth-order valence-corrected chi connectivity index (χ4v) is 3.50. The molecule has 1 aliphatic heterocycles. The number of carbonyl (C=O) groups is 1. The third-order valence-electron chi connectivity index (χ3n) is 4.85. The maximum absolute atomic E-state index is 11.2. The summed E-state index contributed by atoms with van der Waals surface area (Å²) in [4.78, 5) is 18.0. The highest BCUT2D eigenvalue weighted by Crippen LogP contribution is 2.20. The Labute approximate surface area is 148 Å². The van der Waals surface area contributed by atoms with Crippen LogP contribution in [0.3, 0.4) is 0 Å². The largest absolute Gasteiger partial charge is 0.469 e. The number of esters is 1. The number of likely N-dealkylation sites (tertiary alicyclic amines) is 1. The van der Waals surface area contributed by atoms with Crippen LogP contribution in [0.15, 0.2) is 24.8 Å². The van der Waals surface area contributed by atoms with Crippen LogP contribution in [0.4, 0.5) is 0 Å². The average molecular weight is 345 g/mol. The van der Waals surface area contributed by atoms with Crippen LogP contribution in [0.5, 0.6) is 0 Å². The predicted octanol–water partition coefficient (Wildman–Crippen LogP) is 1.86. The standard InChI is InChI=1S/C18H27N5O2/c1-15-19-6-9-22(15)13-16-4-3-7-21(11-16)12-17-10-20-23(14-17)8-5-18(24)25-2/h6,9-10,14,16H,3-5,7-8,11-13H2,1-2H3/t16-/m1/s1. The van der Waals surface area contributed by atoms with Crippen molar-refractivity contribution in [2.24, 2.45) is 5.92 Å². The minimum atomic E-state index is -0.203. The van der Waals surface area contributed by atoms with E-state index >= 15 is 0 Å². The van der Waals surface area contributed by atoms with Crippen molar-refractivity contribution in [3.05, 3.63) is 36.2 Å². The second-order valence-corrected chi connectivity index (χ2v) is 6.81. The fourth-order valence-electron chi connectivity index (χ4n) is 3.50. The summed E-state index contributed by atoms with van der Waals surface area (Å²) in [6.45, 7) is 6.81. The SMILES string of the molecule is COC(=O)CCn1cc(CN2CCC[C@@H](Cn3ccnc3C)C2)cn1. The number of hydrogen-bond donors (Lipinski definition) is 0. The van der Waals surface area contributed by atoms with Crippen LogP contribution >= 0.6 is 0 Å². The Kier molecular flexibility index (Phi) is 5.86. The van der Waals surface area contributed by atoms with Gasteiger partial charge in [0.25, 0.3) is 0 Å². The Bertz CT molecular complexity index is 693. The molecule has 0 amide bonds. The van der Waals surface area contributed by atoms with Gasteiger partial charge in [-0.3, -0.25) is 14.4 Å². The van der Waals surface area contributed by atoms with Gasteiger partial charge < -0.3 is 9.30 Å². The van der Waals surface area contributed by atoms with Crippen molar-refractivity contribution in [1.29, 1.82) is 0 Å². The zero-order valence-electron chi connectivity index (χ0n) is 15.1. The Morgan fingerprint density at radius 3 is 3.08 bits per heavy atom. The van der Waals surface area contributed by atoms with Gasteiger partial charge in [-0.15, -0.1) is 0 Å². The van der Waals surface area contributed by atoms with Gasteiger partial charge in [-0.05, 0) is 32.2 Å². The minimum Gasteiger partial charge on any atom is -0.469 e. The molecule has 3 heterocycles. The molecule has 1 fully saturated rings. The normalized spacial score (nSPS) is 18.4. The first kappa shape index (κ1) is 17.7. The van der Waals surface area contributed by atoms with Crippen molar-refractivity contribution >= 4 is 5.97 Å². The third-order valence-corrected chi connectivity index (χ3v) is 4.85. The van der Waals surface area contributed by atoms with Gasteiger partial charge in [-0.1, -0.05) is 0 Å². The van der Waals surface area contributed by atoms with E-state index in [2.05, 4.69) is 37.4 Å². The zero-order chi connectivity index (χ0) is 17.6. The van der Waals surface area contributed by atoms with Gasteiger partial charge in [-0.2, -0.15) is 5.10 Å². The summed E-state index contributed by atoms with van der Waals surface area (Å²) < 4.78 is 8.74. The molecule has 0 radical (unpaired) electrons. The fraction of sp³-hybridized carbons (Fsp3) is 0.611. The molecule has 1 saturated heterocycles. The molecule has 2 aromatic rings. The first-order valence-electron chi connectivity index (χ1n) is 8.92. The molecule has 0 unspecified atom stereocenters. The van der Waals surface area contributed by atoms with Crippen LogP contribution in [0.25, 0.3) is 0 Å². The Morgan fingerprint density at radius 1 is 1.44 bits per heavy atom. The zero-order valence-corrected chi connectivity index (χ0v) is 15.1. The molecule has 0 saturated carbocycles. The molecule has 1 aliphatic rings. The number of imidazole rings is 1. The number of rotatable bonds is 7. The first-order chi connectivity index (χ1) is 12.1. The van der Waals surface area contributed by atoms with Crippen molar-refractivity contribution in [3.63, 3.8) is 0 Å². The smallest absolute Gasteiger partial charge is 0.307 e. The van der Waals surface area contributed by atoms with Crippen LogP contribution in [-0.4, -0.2) is 50.4 Å². The van der Waals surface area contributed by atoms with Crippen molar-refractivity contribution in [1.82, 2.24) is 24.2 Å². The van der Waals surface area contributed by atoms with E-state index in [1.165, 1.54) is 25.5 Å². The van der Waals surface area contributed by atoms with Gasteiger partial charge in [-0.25, -0.2) is 4.98 Å². The lowest BCUT2D eigenvalue weighted by Crippen LogP contribution is -2.36. The second kappa shape index (κ2) is 8.29. The molecule has 136 valence electrons. The van der Waals surface area contributed by atoms with Crippen molar-refractivity contribution < 1.29 is 9.53 Å². The van der Waals surface area contributed by atoms with Gasteiger partial charge in [0.2, 0.25) is 0 Å². The summed E-state index contributed by atoms with van der Waals surface area (Å²) >= 11 is 0. The van der Waals surface area contributed by atoms with E-state index in [1.54, 1.807) is 0 Å². The van der Waals surface area contributed by atoms with Gasteiger partial charge in [0.15, 0.2) is 0 Å². The summed E-state index contributed by atoms with van der Waals surface area (Å²) in [6, 6.07) is 0. The summed E-state index contributed by atoms with van der Waals surface area (Å²) in [5.74, 6) is 1.55. The molecule has 7 heteroatoms. The summed E-state index contributed by atoms with van der Waals surface area (Å²) in [5, 5.41) is 4.35. The molecule has 3 rings (SSSR count). The lowest BCUT2D eigenvalue weighted by Gasteiger charge is -2.32. The number of methoxy groups -OCH3 is 1. The molecule has 7 nitrogen and oxygen atoms in total. The quantitative estimate of drug-likeness (QED) is 0.717. The molecular formula is C18H27N5O2. The minimum absolute atomic E-state index is 0.203. The summed E-state index contributed by atoms with van der Waals surface area (Å²) in [5.41, 5.74) is 1.20. The van der Waals surface area contributed by atoms with Crippen molar-refractivity contribution in [2.45, 2.75) is 45.8 Å². The van der Waals surface area contributed by atoms with E-state index in [0.29, 0.717) is 18.9 Å². The highest BCUT2D eigenvalue weighted by atomic mass is 16.5. The second-order valence-electron chi connectivity index (χ2n) is 6.81. The maximum atomic E-state index is 11.2.